The molecule has 1 N–H and O–H groups in total. The molecule has 0 aliphatic rings. The minimum absolute atomic E-state index is 0.147. The number of hydrogen-bond acceptors (Lipinski definition) is 3. The van der Waals surface area contributed by atoms with Crippen LogP contribution in [0.4, 0.5) is 5.69 Å². The highest BCUT2D eigenvalue weighted by atomic mass is 35.5. The Labute approximate surface area is 122 Å². The summed E-state index contributed by atoms with van der Waals surface area (Å²) in [7, 11) is 1.54. The molecule has 20 heavy (non-hydrogen) atoms. The summed E-state index contributed by atoms with van der Waals surface area (Å²) >= 11 is 6.03. The Morgan fingerprint density at radius 2 is 2.20 bits per heavy atom. The van der Waals surface area contributed by atoms with Gasteiger partial charge in [-0.25, -0.2) is 4.98 Å². The lowest BCUT2D eigenvalue weighted by molar-refractivity contribution is -0.116. The highest BCUT2D eigenvalue weighted by Crippen LogP contribution is 2.30. The lowest BCUT2D eigenvalue weighted by Crippen LogP contribution is -2.19. The van der Waals surface area contributed by atoms with Gasteiger partial charge >= 0.3 is 0 Å². The van der Waals surface area contributed by atoms with E-state index < -0.39 is 0 Å². The second-order valence-corrected chi connectivity index (χ2v) is 4.86. The zero-order valence-corrected chi connectivity index (χ0v) is 12.4. The largest absolute Gasteiger partial charge is 0.495 e. The topological polar surface area (TPSA) is 56.1 Å². The molecule has 1 aromatic heterocycles. The van der Waals surface area contributed by atoms with Crippen LogP contribution >= 0.6 is 11.6 Å². The van der Waals surface area contributed by atoms with Gasteiger partial charge in [-0.2, -0.15) is 0 Å². The van der Waals surface area contributed by atoms with Crippen molar-refractivity contribution in [3.8, 4) is 5.75 Å². The zero-order chi connectivity index (χ0) is 14.7. The molecule has 0 radical (unpaired) electrons. The van der Waals surface area contributed by atoms with Crippen molar-refractivity contribution < 1.29 is 9.53 Å². The second kappa shape index (κ2) is 5.96. The van der Waals surface area contributed by atoms with E-state index in [0.717, 1.165) is 11.4 Å². The fourth-order valence-electron chi connectivity index (χ4n) is 1.85. The molecule has 2 rings (SSSR count). The van der Waals surface area contributed by atoms with Crippen molar-refractivity contribution in [3.05, 3.63) is 40.9 Å². The van der Waals surface area contributed by atoms with Crippen LogP contribution in [0.1, 0.15) is 11.4 Å². The van der Waals surface area contributed by atoms with E-state index in [-0.39, 0.29) is 12.5 Å². The molecule has 5 nitrogen and oxygen atoms in total. The Hall–Kier alpha value is -2.01. The van der Waals surface area contributed by atoms with Gasteiger partial charge in [0.25, 0.3) is 0 Å². The van der Waals surface area contributed by atoms with Gasteiger partial charge in [0.1, 0.15) is 18.1 Å². The van der Waals surface area contributed by atoms with Crippen LogP contribution in [0.5, 0.6) is 5.75 Å². The lowest BCUT2D eigenvalue weighted by Gasteiger charge is -2.12. The minimum Gasteiger partial charge on any atom is -0.495 e. The van der Waals surface area contributed by atoms with Gasteiger partial charge in [0.2, 0.25) is 5.91 Å². The van der Waals surface area contributed by atoms with Gasteiger partial charge in [0.15, 0.2) is 0 Å². The summed E-state index contributed by atoms with van der Waals surface area (Å²) < 4.78 is 6.99. The predicted octanol–water partition coefficient (Wildman–Crippen LogP) is 2.80. The van der Waals surface area contributed by atoms with Crippen molar-refractivity contribution in [1.29, 1.82) is 0 Å². The van der Waals surface area contributed by atoms with Gasteiger partial charge in [-0.15, -0.1) is 0 Å². The molecule has 6 heteroatoms. The first kappa shape index (κ1) is 14.4. The number of anilines is 1. The number of carbonyl (C=O) groups is 1. The zero-order valence-electron chi connectivity index (χ0n) is 11.6. The fraction of sp³-hybridized carbons (Fsp3) is 0.286. The molecule has 1 heterocycles. The molecule has 0 unspecified atom stereocenters. The third-order valence-electron chi connectivity index (χ3n) is 2.99. The summed E-state index contributed by atoms with van der Waals surface area (Å²) in [5.74, 6) is 1.18. The molecule has 1 amide bonds. The molecule has 0 saturated heterocycles. The van der Waals surface area contributed by atoms with E-state index in [1.54, 1.807) is 29.1 Å². The normalized spacial score (nSPS) is 10.4. The number of rotatable bonds is 4. The lowest BCUT2D eigenvalue weighted by atomic mass is 10.2. The molecule has 0 aliphatic carbocycles. The number of hydrogen-bond donors (Lipinski definition) is 1. The van der Waals surface area contributed by atoms with Crippen LogP contribution in [-0.2, 0) is 11.3 Å². The number of imidazole rings is 1. The fourth-order valence-corrected chi connectivity index (χ4v) is 2.00. The van der Waals surface area contributed by atoms with Crippen molar-refractivity contribution in [3.63, 3.8) is 0 Å². The van der Waals surface area contributed by atoms with Crippen LogP contribution in [0, 0.1) is 13.8 Å². The summed E-state index contributed by atoms with van der Waals surface area (Å²) in [4.78, 5) is 16.1. The van der Waals surface area contributed by atoms with E-state index in [1.165, 1.54) is 7.11 Å². The number of halogens is 1. The summed E-state index contributed by atoms with van der Waals surface area (Å²) in [6.45, 7) is 3.93. The average molecular weight is 294 g/mol. The van der Waals surface area contributed by atoms with Crippen LogP contribution in [0.2, 0.25) is 5.02 Å². The van der Waals surface area contributed by atoms with Gasteiger partial charge in [-0.1, -0.05) is 11.6 Å². The van der Waals surface area contributed by atoms with Crippen molar-refractivity contribution in [1.82, 2.24) is 9.55 Å². The van der Waals surface area contributed by atoms with Crippen LogP contribution in [0.3, 0.4) is 0 Å². The Kier molecular flexibility index (Phi) is 4.29. The van der Waals surface area contributed by atoms with Crippen molar-refractivity contribution >= 4 is 23.2 Å². The standard InChI is InChI=1S/C14H16ClN3O2/c1-9-6-12(13(20-3)7-11(9)15)17-14(19)8-18-5-4-16-10(18)2/h4-7H,8H2,1-3H3,(H,17,19). The average Bonchev–Trinajstić information content (AvgIpc) is 2.79. The molecule has 2 aromatic rings. The first-order chi connectivity index (χ1) is 9.51. The maximum absolute atomic E-state index is 12.0. The summed E-state index contributed by atoms with van der Waals surface area (Å²) in [5.41, 5.74) is 1.48. The summed E-state index contributed by atoms with van der Waals surface area (Å²) in [5, 5.41) is 3.43. The van der Waals surface area contributed by atoms with E-state index in [0.29, 0.717) is 16.5 Å². The third-order valence-corrected chi connectivity index (χ3v) is 3.40. The highest BCUT2D eigenvalue weighted by molar-refractivity contribution is 6.31. The molecule has 0 fully saturated rings. The monoisotopic (exact) mass is 293 g/mol. The van der Waals surface area contributed by atoms with Crippen LogP contribution < -0.4 is 10.1 Å². The molecule has 0 atom stereocenters. The Morgan fingerprint density at radius 1 is 1.45 bits per heavy atom. The third kappa shape index (κ3) is 3.11. The molecule has 1 aromatic carbocycles. The molecule has 0 aliphatic heterocycles. The first-order valence-corrected chi connectivity index (χ1v) is 6.50. The van der Waals surface area contributed by atoms with E-state index in [9.17, 15) is 4.79 Å². The van der Waals surface area contributed by atoms with Gasteiger partial charge < -0.3 is 14.6 Å². The molecule has 106 valence electrons. The number of nitrogens with one attached hydrogen (secondary N) is 1. The van der Waals surface area contributed by atoms with E-state index >= 15 is 0 Å². The predicted molar refractivity (Wildman–Crippen MR) is 78.3 cm³/mol. The number of benzene rings is 1. The molecule has 0 spiro atoms. The number of methoxy groups -OCH3 is 1. The summed E-state index contributed by atoms with van der Waals surface area (Å²) in [6.07, 6.45) is 3.43. The number of amides is 1. The minimum atomic E-state index is -0.147. The second-order valence-electron chi connectivity index (χ2n) is 4.45. The molecule has 0 bridgehead atoms. The SMILES string of the molecule is COc1cc(Cl)c(C)cc1NC(=O)Cn1ccnc1C. The van der Waals surface area contributed by atoms with E-state index in [2.05, 4.69) is 10.3 Å². The van der Waals surface area contributed by atoms with Crippen LogP contribution in [-0.4, -0.2) is 22.6 Å². The number of aryl methyl sites for hydroxylation is 2. The van der Waals surface area contributed by atoms with Gasteiger partial charge in [0.05, 0.1) is 12.8 Å². The summed E-state index contributed by atoms with van der Waals surface area (Å²) in [6, 6.07) is 3.48. The highest BCUT2D eigenvalue weighted by Gasteiger charge is 2.11. The number of nitrogens with zero attached hydrogens (tertiary/aromatic N) is 2. The van der Waals surface area contributed by atoms with Gasteiger partial charge in [-0.3, -0.25) is 4.79 Å². The molecule has 0 saturated carbocycles. The smallest absolute Gasteiger partial charge is 0.244 e. The maximum atomic E-state index is 12.0. The van der Waals surface area contributed by atoms with E-state index in [4.69, 9.17) is 16.3 Å². The quantitative estimate of drug-likeness (QED) is 0.943. The molecular formula is C14H16ClN3O2. The van der Waals surface area contributed by atoms with E-state index in [1.807, 2.05) is 13.8 Å². The van der Waals surface area contributed by atoms with Crippen molar-refractivity contribution in [2.45, 2.75) is 20.4 Å². The van der Waals surface area contributed by atoms with Crippen molar-refractivity contribution in [2.24, 2.45) is 0 Å². The number of carbonyl (C=O) groups excluding carboxylic acids is 1. The number of ether oxygens (including phenoxy) is 1. The molecular weight excluding hydrogens is 278 g/mol. The Balaban J connectivity index is 2.15. The van der Waals surface area contributed by atoms with Crippen LogP contribution in [0.25, 0.3) is 0 Å². The van der Waals surface area contributed by atoms with Gasteiger partial charge in [-0.05, 0) is 25.5 Å². The van der Waals surface area contributed by atoms with Crippen molar-refractivity contribution in [2.75, 3.05) is 12.4 Å². The first-order valence-electron chi connectivity index (χ1n) is 6.13. The maximum Gasteiger partial charge on any atom is 0.244 e. The van der Waals surface area contributed by atoms with Crippen LogP contribution in [0.15, 0.2) is 24.5 Å². The van der Waals surface area contributed by atoms with Gasteiger partial charge in [0, 0.05) is 23.5 Å². The Bertz CT molecular complexity index is 637. The Morgan fingerprint density at radius 3 is 2.80 bits per heavy atom. The number of aromatic nitrogens is 2.